The van der Waals surface area contributed by atoms with Gasteiger partial charge >= 0.3 is 0 Å². The first-order valence-corrected chi connectivity index (χ1v) is 10.8. The molecule has 1 N–H and O–H groups in total. The average Bonchev–Trinajstić information content (AvgIpc) is 2.72. The molecule has 0 spiro atoms. The molecule has 1 atom stereocenters. The van der Waals surface area contributed by atoms with E-state index in [9.17, 15) is 9.59 Å². The van der Waals surface area contributed by atoms with E-state index in [0.29, 0.717) is 21.9 Å². The summed E-state index contributed by atoms with van der Waals surface area (Å²) in [4.78, 5) is 25.7. The van der Waals surface area contributed by atoms with E-state index in [-0.39, 0.29) is 11.7 Å². The van der Waals surface area contributed by atoms with Gasteiger partial charge in [0.15, 0.2) is 5.78 Å². The molecule has 0 saturated heterocycles. The van der Waals surface area contributed by atoms with Crippen molar-refractivity contribution in [1.82, 2.24) is 5.32 Å². The molecule has 0 fully saturated rings. The summed E-state index contributed by atoms with van der Waals surface area (Å²) in [6.07, 6.45) is 0. The maximum atomic E-state index is 13.0. The van der Waals surface area contributed by atoms with Crippen LogP contribution in [0.5, 0.6) is 0 Å². The number of hydrogen-bond acceptors (Lipinski definition) is 3. The van der Waals surface area contributed by atoms with Crippen LogP contribution < -0.4 is 5.32 Å². The molecule has 3 rings (SSSR count). The van der Waals surface area contributed by atoms with Gasteiger partial charge in [-0.25, -0.2) is 0 Å². The molecule has 0 radical (unpaired) electrons. The second kappa shape index (κ2) is 9.92. The van der Waals surface area contributed by atoms with Gasteiger partial charge in [0.25, 0.3) is 5.91 Å². The third-order valence-corrected chi connectivity index (χ3v) is 5.94. The summed E-state index contributed by atoms with van der Waals surface area (Å²) in [7, 11) is 0. The zero-order chi connectivity index (χ0) is 19.9. The number of hydrogen-bond donors (Lipinski definition) is 1. The Hall–Kier alpha value is -2.08. The highest BCUT2D eigenvalue weighted by atomic mass is 79.9. The van der Waals surface area contributed by atoms with Crippen LogP contribution in [0.1, 0.15) is 26.3 Å². The lowest BCUT2D eigenvalue weighted by Gasteiger charge is -2.18. The summed E-state index contributed by atoms with van der Waals surface area (Å²) in [6, 6.07) is 23.5. The molecule has 0 aliphatic carbocycles. The lowest BCUT2D eigenvalue weighted by Crippen LogP contribution is -2.38. The summed E-state index contributed by atoms with van der Waals surface area (Å²) >= 11 is 10.7. The number of carbonyl (C=O) groups excluding carboxylic acids is 2. The zero-order valence-corrected chi connectivity index (χ0v) is 17.9. The number of nitrogens with one attached hydrogen (secondary N) is 1. The number of benzene rings is 3. The van der Waals surface area contributed by atoms with Crippen LogP contribution in [-0.4, -0.2) is 17.1 Å². The number of ketones is 1. The summed E-state index contributed by atoms with van der Waals surface area (Å²) < 4.78 is 0.885. The fourth-order valence-corrected chi connectivity index (χ4v) is 3.93. The smallest absolute Gasteiger partial charge is 0.252 e. The third kappa shape index (κ3) is 5.71. The minimum Gasteiger partial charge on any atom is -0.333 e. The second-order valence-corrected chi connectivity index (χ2v) is 8.47. The first-order valence-electron chi connectivity index (χ1n) is 8.54. The van der Waals surface area contributed by atoms with Crippen LogP contribution in [0, 0.1) is 0 Å². The van der Waals surface area contributed by atoms with Gasteiger partial charge < -0.3 is 5.32 Å². The van der Waals surface area contributed by atoms with Gasteiger partial charge in [-0.3, -0.25) is 9.59 Å². The Kier molecular flexibility index (Phi) is 7.31. The average molecular weight is 475 g/mol. The molecule has 3 aromatic rings. The van der Waals surface area contributed by atoms with Crippen LogP contribution in [0.3, 0.4) is 0 Å². The summed E-state index contributed by atoms with van der Waals surface area (Å²) in [5.41, 5.74) is 2.09. The molecule has 0 heterocycles. The van der Waals surface area contributed by atoms with Crippen molar-refractivity contribution < 1.29 is 9.59 Å². The van der Waals surface area contributed by atoms with Gasteiger partial charge in [-0.15, -0.1) is 11.8 Å². The molecule has 0 aromatic heterocycles. The van der Waals surface area contributed by atoms with Crippen molar-refractivity contribution in [2.75, 3.05) is 0 Å². The minimum atomic E-state index is -0.711. The third-order valence-electron chi connectivity index (χ3n) is 3.99. The molecule has 142 valence electrons. The minimum absolute atomic E-state index is 0.164. The highest BCUT2D eigenvalue weighted by Gasteiger charge is 2.23. The van der Waals surface area contributed by atoms with Crippen molar-refractivity contribution in [3.8, 4) is 0 Å². The summed E-state index contributed by atoms with van der Waals surface area (Å²) in [5.74, 6) is 0.147. The van der Waals surface area contributed by atoms with Crippen LogP contribution in [-0.2, 0) is 5.75 Å². The van der Waals surface area contributed by atoms with Crippen molar-refractivity contribution in [2.24, 2.45) is 0 Å². The highest BCUT2D eigenvalue weighted by Crippen LogP contribution is 2.22. The largest absolute Gasteiger partial charge is 0.333 e. The quantitative estimate of drug-likeness (QED) is 0.339. The van der Waals surface area contributed by atoms with Gasteiger partial charge in [-0.05, 0) is 54.1 Å². The predicted molar refractivity (Wildman–Crippen MR) is 119 cm³/mol. The number of Topliss-reactive ketones (excluding diaryl/α,β-unsaturated/α-hetero) is 1. The number of thioether (sulfide) groups is 1. The Morgan fingerprint density at radius 2 is 1.50 bits per heavy atom. The topological polar surface area (TPSA) is 46.2 Å². The van der Waals surface area contributed by atoms with Crippen LogP contribution in [0.15, 0.2) is 83.3 Å². The Morgan fingerprint density at radius 1 is 0.893 bits per heavy atom. The van der Waals surface area contributed by atoms with E-state index in [1.165, 1.54) is 11.8 Å². The summed E-state index contributed by atoms with van der Waals surface area (Å²) in [5, 5.41) is 2.71. The van der Waals surface area contributed by atoms with E-state index in [4.69, 9.17) is 11.6 Å². The Bertz CT molecular complexity index is 947. The maximum absolute atomic E-state index is 13.0. The SMILES string of the molecule is O=C(N[C@@H](SCc1ccccc1)C(=O)c1ccc(Cl)cc1)c1ccc(Br)cc1. The standard InChI is InChI=1S/C22H17BrClNO2S/c23-18-10-6-17(7-11-18)21(27)25-22(28-14-15-4-2-1-3-5-15)20(26)16-8-12-19(24)13-9-16/h1-13,22H,14H2,(H,25,27)/t22-/m0/s1. The maximum Gasteiger partial charge on any atom is 0.252 e. The highest BCUT2D eigenvalue weighted by molar-refractivity contribution is 9.10. The van der Waals surface area contributed by atoms with Crippen LogP contribution in [0.4, 0.5) is 0 Å². The van der Waals surface area contributed by atoms with Crippen molar-refractivity contribution in [2.45, 2.75) is 11.1 Å². The fraction of sp³-hybridized carbons (Fsp3) is 0.0909. The van der Waals surface area contributed by atoms with E-state index in [2.05, 4.69) is 21.2 Å². The van der Waals surface area contributed by atoms with Gasteiger partial charge in [0.2, 0.25) is 0 Å². The van der Waals surface area contributed by atoms with E-state index in [1.807, 2.05) is 30.3 Å². The fourth-order valence-electron chi connectivity index (χ4n) is 2.51. The molecule has 0 aliphatic rings. The molecule has 0 unspecified atom stereocenters. The van der Waals surface area contributed by atoms with Crippen LogP contribution in [0.2, 0.25) is 5.02 Å². The van der Waals surface area contributed by atoms with Gasteiger partial charge in [-0.2, -0.15) is 0 Å². The normalized spacial score (nSPS) is 11.6. The van der Waals surface area contributed by atoms with Crippen molar-refractivity contribution in [1.29, 1.82) is 0 Å². The first kappa shape index (κ1) is 20.6. The molecule has 3 aromatic carbocycles. The van der Waals surface area contributed by atoms with Crippen LogP contribution >= 0.6 is 39.3 Å². The van der Waals surface area contributed by atoms with Crippen LogP contribution in [0.25, 0.3) is 0 Å². The first-order chi connectivity index (χ1) is 13.5. The van der Waals surface area contributed by atoms with Crippen molar-refractivity contribution in [3.05, 3.63) is 105 Å². The van der Waals surface area contributed by atoms with Gasteiger partial charge in [-0.1, -0.05) is 57.9 Å². The van der Waals surface area contributed by atoms with Gasteiger partial charge in [0.05, 0.1) is 0 Å². The molecule has 1 amide bonds. The summed E-state index contributed by atoms with van der Waals surface area (Å²) in [6.45, 7) is 0. The lowest BCUT2D eigenvalue weighted by molar-refractivity contribution is 0.0892. The Morgan fingerprint density at radius 3 is 2.14 bits per heavy atom. The number of halogens is 2. The number of rotatable bonds is 7. The molecule has 0 saturated carbocycles. The molecular weight excluding hydrogens is 458 g/mol. The molecule has 0 aliphatic heterocycles. The Balaban J connectivity index is 1.78. The zero-order valence-electron chi connectivity index (χ0n) is 14.8. The molecular formula is C22H17BrClNO2S. The second-order valence-electron chi connectivity index (χ2n) is 6.03. The monoisotopic (exact) mass is 473 g/mol. The van der Waals surface area contributed by atoms with E-state index < -0.39 is 5.37 Å². The van der Waals surface area contributed by atoms with Gasteiger partial charge in [0.1, 0.15) is 5.37 Å². The molecule has 28 heavy (non-hydrogen) atoms. The van der Waals surface area contributed by atoms with E-state index >= 15 is 0 Å². The van der Waals surface area contributed by atoms with Gasteiger partial charge in [0, 0.05) is 26.4 Å². The van der Waals surface area contributed by atoms with E-state index in [0.717, 1.165) is 10.0 Å². The van der Waals surface area contributed by atoms with Crippen molar-refractivity contribution in [3.63, 3.8) is 0 Å². The molecule has 3 nitrogen and oxygen atoms in total. The molecule has 6 heteroatoms. The van der Waals surface area contributed by atoms with Crippen molar-refractivity contribution >= 4 is 51.0 Å². The van der Waals surface area contributed by atoms with E-state index in [1.54, 1.807) is 48.5 Å². The number of carbonyl (C=O) groups is 2. The molecule has 0 bridgehead atoms. The predicted octanol–water partition coefficient (Wildman–Crippen LogP) is 5.97. The number of amides is 1. The Labute approximate surface area is 181 Å². The lowest BCUT2D eigenvalue weighted by atomic mass is 10.1.